The molecule has 0 spiro atoms. The number of H-pyrrole nitrogens is 1. The number of fused-ring (bicyclic) bond motifs is 1. The van der Waals surface area contributed by atoms with Crippen molar-refractivity contribution in [3.05, 3.63) is 59.1 Å². The number of carbonyl (C=O) groups excluding carboxylic acids is 1. The second kappa shape index (κ2) is 8.94. The van der Waals surface area contributed by atoms with Gasteiger partial charge in [-0.15, -0.1) is 0 Å². The fourth-order valence-electron chi connectivity index (χ4n) is 4.36. The quantitative estimate of drug-likeness (QED) is 0.464. The van der Waals surface area contributed by atoms with Crippen LogP contribution in [-0.4, -0.2) is 64.3 Å². The number of imidazole rings is 1. The molecule has 0 radical (unpaired) electrons. The lowest BCUT2D eigenvalue weighted by molar-refractivity contribution is -0.127. The average Bonchev–Trinajstić information content (AvgIpc) is 3.21. The Balaban J connectivity index is 1.21. The maximum Gasteiger partial charge on any atom is 0.338 e. The van der Waals surface area contributed by atoms with Gasteiger partial charge in [0.2, 0.25) is 0 Å². The number of esters is 1. The zero-order valence-electron chi connectivity index (χ0n) is 17.2. The van der Waals surface area contributed by atoms with E-state index in [4.69, 9.17) is 21.1 Å². The normalized spacial score (nSPS) is 21.0. The number of nitrogens with zero attached hydrogens (tertiary/aromatic N) is 3. The largest absolute Gasteiger partial charge is 0.455 e. The minimum atomic E-state index is -0.324. The SMILES string of the molecule is O=C(OC(CN1CCC(c2cccc(Cl)n2)CC1)C1CCO1)c1ccc2nc[nH]c2c1. The molecule has 0 amide bonds. The molecule has 4 heterocycles. The molecule has 2 fully saturated rings. The molecule has 31 heavy (non-hydrogen) atoms. The lowest BCUT2D eigenvalue weighted by Crippen LogP contribution is -2.49. The summed E-state index contributed by atoms with van der Waals surface area (Å²) in [5.41, 5.74) is 3.23. The molecule has 2 aliphatic rings. The number of rotatable bonds is 6. The van der Waals surface area contributed by atoms with E-state index in [0.29, 0.717) is 23.2 Å². The van der Waals surface area contributed by atoms with E-state index in [2.05, 4.69) is 25.9 Å². The van der Waals surface area contributed by atoms with Crippen molar-refractivity contribution in [3.8, 4) is 0 Å². The predicted octanol–water partition coefficient (Wildman–Crippen LogP) is 3.81. The third kappa shape index (κ3) is 4.59. The fourth-order valence-corrected chi connectivity index (χ4v) is 4.53. The molecule has 2 aromatic heterocycles. The molecule has 7 nitrogen and oxygen atoms in total. The number of pyridine rings is 1. The number of hydrogen-bond donors (Lipinski definition) is 1. The summed E-state index contributed by atoms with van der Waals surface area (Å²) in [4.78, 5) is 26.9. The monoisotopic (exact) mass is 440 g/mol. The van der Waals surface area contributed by atoms with Gasteiger partial charge in [0, 0.05) is 31.2 Å². The van der Waals surface area contributed by atoms with Gasteiger partial charge in [0.15, 0.2) is 0 Å². The Hall–Kier alpha value is -2.48. The first-order valence-electron chi connectivity index (χ1n) is 10.8. The average molecular weight is 441 g/mol. The Morgan fingerprint density at radius 3 is 2.84 bits per heavy atom. The number of aromatic nitrogens is 3. The zero-order valence-corrected chi connectivity index (χ0v) is 17.9. The van der Waals surface area contributed by atoms with E-state index in [0.717, 1.165) is 55.7 Å². The van der Waals surface area contributed by atoms with Crippen molar-refractivity contribution in [2.75, 3.05) is 26.2 Å². The standard InChI is InChI=1S/C23H25ClN4O3/c24-22-3-1-2-17(27-22)15-6-9-28(10-7-15)13-21(20-8-11-30-20)31-23(29)16-4-5-18-19(12-16)26-14-25-18/h1-5,12,14-15,20-21H,6-11,13H2,(H,25,26). The lowest BCUT2D eigenvalue weighted by Gasteiger charge is -2.38. The highest BCUT2D eigenvalue weighted by molar-refractivity contribution is 6.29. The zero-order chi connectivity index (χ0) is 21.2. The number of halogens is 1. The van der Waals surface area contributed by atoms with Crippen molar-refractivity contribution in [2.45, 2.75) is 37.4 Å². The second-order valence-electron chi connectivity index (χ2n) is 8.24. The summed E-state index contributed by atoms with van der Waals surface area (Å²) in [7, 11) is 0. The van der Waals surface area contributed by atoms with Crippen molar-refractivity contribution in [3.63, 3.8) is 0 Å². The molecule has 2 saturated heterocycles. The molecular formula is C23H25ClN4O3. The van der Waals surface area contributed by atoms with Gasteiger partial charge in [0.25, 0.3) is 0 Å². The number of piperidine rings is 1. The second-order valence-corrected chi connectivity index (χ2v) is 8.62. The predicted molar refractivity (Wildman–Crippen MR) is 117 cm³/mol. The van der Waals surface area contributed by atoms with E-state index in [-0.39, 0.29) is 18.2 Å². The maximum absolute atomic E-state index is 12.8. The Morgan fingerprint density at radius 2 is 2.10 bits per heavy atom. The summed E-state index contributed by atoms with van der Waals surface area (Å²) in [5, 5.41) is 0.544. The summed E-state index contributed by atoms with van der Waals surface area (Å²) >= 11 is 6.05. The van der Waals surface area contributed by atoms with Crippen molar-refractivity contribution in [1.29, 1.82) is 0 Å². The van der Waals surface area contributed by atoms with Crippen LogP contribution in [0.1, 0.15) is 41.2 Å². The van der Waals surface area contributed by atoms with Crippen LogP contribution in [0.5, 0.6) is 0 Å². The number of nitrogens with one attached hydrogen (secondary N) is 1. The van der Waals surface area contributed by atoms with E-state index < -0.39 is 0 Å². The van der Waals surface area contributed by atoms with Crippen LogP contribution in [0.2, 0.25) is 5.15 Å². The first-order valence-corrected chi connectivity index (χ1v) is 11.1. The number of hydrogen-bond acceptors (Lipinski definition) is 6. The first-order chi connectivity index (χ1) is 15.2. The minimum absolute atomic E-state index is 0.0350. The van der Waals surface area contributed by atoms with Crippen LogP contribution in [0.15, 0.2) is 42.7 Å². The summed E-state index contributed by atoms with van der Waals surface area (Å²) in [5.74, 6) is 0.0899. The third-order valence-electron chi connectivity index (χ3n) is 6.24. The van der Waals surface area contributed by atoms with Crippen molar-refractivity contribution in [1.82, 2.24) is 19.9 Å². The summed E-state index contributed by atoms with van der Waals surface area (Å²) in [6, 6.07) is 11.2. The Kier molecular flexibility index (Phi) is 5.89. The highest BCUT2D eigenvalue weighted by Crippen LogP contribution is 2.29. The molecule has 0 aliphatic carbocycles. The van der Waals surface area contributed by atoms with Crippen molar-refractivity contribution in [2.24, 2.45) is 0 Å². The van der Waals surface area contributed by atoms with Gasteiger partial charge in [-0.25, -0.2) is 14.8 Å². The van der Waals surface area contributed by atoms with E-state index in [1.54, 1.807) is 18.5 Å². The third-order valence-corrected chi connectivity index (χ3v) is 6.45. The molecule has 3 aromatic rings. The number of ether oxygens (including phenoxy) is 2. The molecule has 0 saturated carbocycles. The van der Waals surface area contributed by atoms with Crippen LogP contribution < -0.4 is 0 Å². The van der Waals surface area contributed by atoms with Crippen LogP contribution in [0.3, 0.4) is 0 Å². The molecule has 1 aromatic carbocycles. The van der Waals surface area contributed by atoms with Gasteiger partial charge in [-0.3, -0.25) is 4.90 Å². The minimum Gasteiger partial charge on any atom is -0.455 e. The van der Waals surface area contributed by atoms with Gasteiger partial charge >= 0.3 is 5.97 Å². The van der Waals surface area contributed by atoms with Crippen LogP contribution in [0, 0.1) is 0 Å². The van der Waals surface area contributed by atoms with Gasteiger partial charge < -0.3 is 14.5 Å². The highest BCUT2D eigenvalue weighted by Gasteiger charge is 2.34. The fraction of sp³-hybridized carbons (Fsp3) is 0.435. The van der Waals surface area contributed by atoms with Crippen LogP contribution in [0.25, 0.3) is 11.0 Å². The molecular weight excluding hydrogens is 416 g/mol. The van der Waals surface area contributed by atoms with E-state index in [9.17, 15) is 4.79 Å². The van der Waals surface area contributed by atoms with E-state index in [1.807, 2.05) is 18.2 Å². The summed E-state index contributed by atoms with van der Waals surface area (Å²) < 4.78 is 11.6. The molecule has 5 rings (SSSR count). The van der Waals surface area contributed by atoms with Crippen molar-refractivity contribution < 1.29 is 14.3 Å². The first kappa shape index (κ1) is 20.4. The molecule has 1 N–H and O–H groups in total. The van der Waals surface area contributed by atoms with Gasteiger partial charge in [-0.1, -0.05) is 17.7 Å². The van der Waals surface area contributed by atoms with E-state index >= 15 is 0 Å². The van der Waals surface area contributed by atoms with Gasteiger partial charge in [0.05, 0.1) is 29.0 Å². The molecule has 2 atom stereocenters. The Labute approximate surface area is 185 Å². The number of carbonyl (C=O) groups is 1. The number of aromatic amines is 1. The van der Waals surface area contributed by atoms with Crippen LogP contribution in [0.4, 0.5) is 0 Å². The summed E-state index contributed by atoms with van der Waals surface area (Å²) in [6.07, 6.45) is 4.24. The Bertz CT molecular complexity index is 1060. The number of benzene rings is 1. The van der Waals surface area contributed by atoms with Crippen LogP contribution >= 0.6 is 11.6 Å². The Morgan fingerprint density at radius 1 is 1.26 bits per heavy atom. The van der Waals surface area contributed by atoms with Gasteiger partial charge in [0.1, 0.15) is 11.3 Å². The smallest absolute Gasteiger partial charge is 0.338 e. The molecule has 8 heteroatoms. The van der Waals surface area contributed by atoms with Crippen molar-refractivity contribution >= 4 is 28.6 Å². The molecule has 0 bridgehead atoms. The van der Waals surface area contributed by atoms with Crippen LogP contribution in [-0.2, 0) is 9.47 Å². The van der Waals surface area contributed by atoms with E-state index in [1.165, 1.54) is 0 Å². The highest BCUT2D eigenvalue weighted by atomic mass is 35.5. The maximum atomic E-state index is 12.8. The van der Waals surface area contributed by atoms with Gasteiger partial charge in [-0.2, -0.15) is 0 Å². The molecule has 162 valence electrons. The molecule has 2 aliphatic heterocycles. The molecule has 2 unspecified atom stereocenters. The van der Waals surface area contributed by atoms with Gasteiger partial charge in [-0.05, 0) is 56.3 Å². The summed E-state index contributed by atoms with van der Waals surface area (Å²) in [6.45, 7) is 3.26. The topological polar surface area (TPSA) is 80.3 Å². The number of likely N-dealkylation sites (tertiary alicyclic amines) is 1. The lowest BCUT2D eigenvalue weighted by atomic mass is 9.92.